The van der Waals surface area contributed by atoms with Crippen LogP contribution in [0.2, 0.25) is 0 Å². The van der Waals surface area contributed by atoms with Gasteiger partial charge in [-0.25, -0.2) is 0 Å². The standard InChI is InChI=1S/C49H44.C45H36.C41H28/c1-47(2,3)33-24-32(25-34(28-33)48(4,5)6)30-17-19-38-39-20-18-31(27-44(39)49(7,8)43(38)26-30)35-22-23-42-37-14-10-9-13-36(37)40-15-11-12-29-16-21-41(35)46(42)45(29)40;1-44(2,3)31-18-13-27(14-19-31)29-16-20-35-36-21-17-30(26-41(36)45(4,5)40(35)25-29)32-23-24-39-34-11-7-6-10-33(34)37-12-8-9-28-15-22-38(32)43(39)42(28)37;1-41(2)37-23-27(25-9-4-3-5-10-25)16-18-32(37)33-19-17-28(24-38(33)41)29-21-22-36-31-13-7-6-12-30(31)34-14-8-11-26-15-20-35(29)40(36)39(26)34/h9-28H,1-8H3;6-26H,1-5H3;3-24H,1-2H3. The van der Waals surface area contributed by atoms with E-state index in [9.17, 15) is 0 Å². The van der Waals surface area contributed by atoms with E-state index in [0.29, 0.717) is 0 Å². The van der Waals surface area contributed by atoms with Gasteiger partial charge >= 0.3 is 0 Å². The first-order chi connectivity index (χ1) is 65.1. The third kappa shape index (κ3) is 12.6. The summed E-state index contributed by atoms with van der Waals surface area (Å²) < 4.78 is 0. The van der Waals surface area contributed by atoms with Crippen molar-refractivity contribution in [2.45, 2.75) is 136 Å². The molecule has 0 spiro atoms. The molecule has 0 saturated carbocycles. The number of rotatable bonds is 6. The third-order valence-electron chi connectivity index (χ3n) is 31.7. The Hall–Kier alpha value is -14.8. The van der Waals surface area contributed by atoms with Crippen LogP contribution >= 0.6 is 0 Å². The SMILES string of the molecule is CC(C)(C)c1cc(-c2ccc3c(c2)C(C)(C)c2cc(-c4ccc5c6ccccc6c6cccc7ccc4c5c76)ccc2-3)cc(C(C)(C)C)c1.CC(C)(C)c1ccc(-c2ccc3c(c2)C(C)(C)c2cc(-c4ccc5c6ccccc6c6cccc7ccc4c5c76)ccc2-3)cc1.CC1(C)c2cc(-c3ccccc3)ccc2-c2ccc(-c3ccc4c5ccccc5c5cccc6ccc3c4c65)cc21. The molecule has 648 valence electrons. The average Bonchev–Trinajstić information content (AvgIpc) is 1.72. The van der Waals surface area contributed by atoms with Crippen LogP contribution in [-0.4, -0.2) is 0 Å². The van der Waals surface area contributed by atoms with Crippen LogP contribution in [0.4, 0.5) is 0 Å². The second kappa shape index (κ2) is 29.6. The van der Waals surface area contributed by atoms with Gasteiger partial charge in [-0.2, -0.15) is 0 Å². The normalized spacial score (nSPS) is 14.1. The molecule has 0 aromatic heterocycles. The number of hydrogen-bond acceptors (Lipinski definition) is 0. The molecule has 3 aliphatic rings. The third-order valence-corrected chi connectivity index (χ3v) is 31.7. The zero-order chi connectivity index (χ0) is 92.0. The van der Waals surface area contributed by atoms with E-state index >= 15 is 0 Å². The molecule has 135 heavy (non-hydrogen) atoms. The van der Waals surface area contributed by atoms with Crippen molar-refractivity contribution < 1.29 is 0 Å². The Balaban J connectivity index is 0.000000108. The van der Waals surface area contributed by atoms with Crippen molar-refractivity contribution in [1.82, 2.24) is 0 Å². The Labute approximate surface area is 792 Å². The van der Waals surface area contributed by atoms with Gasteiger partial charge in [0.05, 0.1) is 0 Å². The van der Waals surface area contributed by atoms with Crippen LogP contribution in [0.15, 0.2) is 382 Å². The summed E-state index contributed by atoms with van der Waals surface area (Å²) in [5, 5.41) is 32.2. The lowest BCUT2D eigenvalue weighted by Crippen LogP contribution is -2.17. The molecule has 0 aliphatic heterocycles. The molecule has 0 nitrogen and oxygen atoms in total. The minimum absolute atomic E-state index is 0.0779. The summed E-state index contributed by atoms with van der Waals surface area (Å²) in [6.45, 7) is 35.1. The van der Waals surface area contributed by atoms with Gasteiger partial charge in [-0.05, 0) is 332 Å². The first-order valence-electron chi connectivity index (χ1n) is 48.6. The maximum atomic E-state index is 2.48. The monoisotopic (exact) mass is 1730 g/mol. The summed E-state index contributed by atoms with van der Waals surface area (Å²) in [6.07, 6.45) is 0. The van der Waals surface area contributed by atoms with Gasteiger partial charge in [0.1, 0.15) is 0 Å². The van der Waals surface area contributed by atoms with Crippen molar-refractivity contribution in [2.24, 2.45) is 0 Å². The first-order valence-corrected chi connectivity index (χ1v) is 48.6. The van der Waals surface area contributed by atoms with Gasteiger partial charge in [-0.3, -0.25) is 0 Å². The minimum atomic E-state index is -0.120. The van der Waals surface area contributed by atoms with Crippen LogP contribution in [0.25, 0.3) is 229 Å². The van der Waals surface area contributed by atoms with Crippen molar-refractivity contribution in [1.29, 1.82) is 0 Å². The molecular weight excluding hydrogens is 1620 g/mol. The quantitative estimate of drug-likeness (QED) is 0.115. The summed E-state index contributed by atoms with van der Waals surface area (Å²) in [7, 11) is 0. The van der Waals surface area contributed by atoms with Crippen LogP contribution in [0, 0.1) is 0 Å². The van der Waals surface area contributed by atoms with Crippen LogP contribution in [0.3, 0.4) is 0 Å². The Morgan fingerprint density at radius 1 is 0.141 bits per heavy atom. The fourth-order valence-corrected chi connectivity index (χ4v) is 24.3. The summed E-state index contributed by atoms with van der Waals surface area (Å²) in [5.74, 6) is 0. The minimum Gasteiger partial charge on any atom is -0.0622 e. The van der Waals surface area contributed by atoms with Gasteiger partial charge in [0.2, 0.25) is 0 Å². The van der Waals surface area contributed by atoms with E-state index < -0.39 is 0 Å². The van der Waals surface area contributed by atoms with Gasteiger partial charge in [0.15, 0.2) is 0 Å². The van der Waals surface area contributed by atoms with E-state index in [1.807, 2.05) is 0 Å². The molecular formula is C135H108. The molecule has 0 radical (unpaired) electrons. The molecule has 0 heterocycles. The van der Waals surface area contributed by atoms with E-state index in [-0.39, 0.29) is 32.5 Å². The largest absolute Gasteiger partial charge is 0.0622 e. The summed E-state index contributed by atoms with van der Waals surface area (Å²) in [4.78, 5) is 0. The van der Waals surface area contributed by atoms with Crippen LogP contribution in [-0.2, 0) is 32.5 Å². The molecule has 0 atom stereocenters. The number of hydrogen-bond donors (Lipinski definition) is 0. The first kappa shape index (κ1) is 82.1. The molecule has 3 aliphatic carbocycles. The lowest BCUT2D eigenvalue weighted by Gasteiger charge is -2.27. The van der Waals surface area contributed by atoms with E-state index in [1.54, 1.807) is 0 Å². The van der Waals surface area contributed by atoms with Gasteiger partial charge in [-0.1, -0.05) is 450 Å². The van der Waals surface area contributed by atoms with E-state index in [2.05, 4.69) is 486 Å². The maximum absolute atomic E-state index is 2.48. The van der Waals surface area contributed by atoms with Crippen LogP contribution < -0.4 is 0 Å². The zero-order valence-corrected chi connectivity index (χ0v) is 79.9. The molecule has 24 aromatic rings. The predicted octanol–water partition coefficient (Wildman–Crippen LogP) is 38.0. The Morgan fingerprint density at radius 2 is 0.370 bits per heavy atom. The van der Waals surface area contributed by atoms with Gasteiger partial charge < -0.3 is 0 Å². The molecule has 0 heteroatoms. The zero-order valence-electron chi connectivity index (χ0n) is 79.9. The fraction of sp³-hybridized carbons (Fsp3) is 0.156. The molecule has 27 rings (SSSR count). The molecule has 0 bridgehead atoms. The van der Waals surface area contributed by atoms with E-state index in [0.717, 1.165) is 0 Å². The lowest BCUT2D eigenvalue weighted by molar-refractivity contribution is 0.569. The Morgan fingerprint density at radius 3 is 0.667 bits per heavy atom. The second-order valence-corrected chi connectivity index (χ2v) is 43.7. The smallest absolute Gasteiger partial charge is 0.0159 e. The van der Waals surface area contributed by atoms with Crippen molar-refractivity contribution in [3.8, 4) is 100 Å². The van der Waals surface area contributed by atoms with Crippen molar-refractivity contribution >= 4 is 129 Å². The van der Waals surface area contributed by atoms with Crippen molar-refractivity contribution in [3.63, 3.8) is 0 Å². The van der Waals surface area contributed by atoms with E-state index in [1.165, 1.54) is 279 Å². The Kier molecular flexibility index (Phi) is 18.0. The van der Waals surface area contributed by atoms with Gasteiger partial charge in [0.25, 0.3) is 0 Å². The van der Waals surface area contributed by atoms with E-state index in [4.69, 9.17) is 0 Å². The highest BCUT2D eigenvalue weighted by Crippen LogP contribution is 2.58. The van der Waals surface area contributed by atoms with Gasteiger partial charge in [0, 0.05) is 16.2 Å². The van der Waals surface area contributed by atoms with Crippen molar-refractivity contribution in [2.75, 3.05) is 0 Å². The molecule has 0 amide bonds. The van der Waals surface area contributed by atoms with Crippen LogP contribution in [0.1, 0.15) is 154 Å². The highest BCUT2D eigenvalue weighted by Gasteiger charge is 2.40. The molecule has 0 fully saturated rings. The number of benzene rings is 24. The molecule has 0 saturated heterocycles. The molecule has 24 aromatic carbocycles. The highest BCUT2D eigenvalue weighted by molar-refractivity contribution is 6.38. The second-order valence-electron chi connectivity index (χ2n) is 43.7. The van der Waals surface area contributed by atoms with Gasteiger partial charge in [-0.15, -0.1) is 0 Å². The summed E-state index contributed by atoms with van der Waals surface area (Å²) in [5.41, 5.74) is 36.3. The van der Waals surface area contributed by atoms with Crippen LogP contribution in [0.5, 0.6) is 0 Å². The van der Waals surface area contributed by atoms with Crippen molar-refractivity contribution in [3.05, 3.63) is 432 Å². The number of fused-ring (bicyclic) bond motifs is 18. The summed E-state index contributed by atoms with van der Waals surface area (Å²) >= 11 is 0. The predicted molar refractivity (Wildman–Crippen MR) is 584 cm³/mol. The summed E-state index contributed by atoms with van der Waals surface area (Å²) in [6, 6.07) is 145. The fourth-order valence-electron chi connectivity index (χ4n) is 24.3. The lowest BCUT2D eigenvalue weighted by atomic mass is 9.78. The topological polar surface area (TPSA) is 0 Å². The maximum Gasteiger partial charge on any atom is 0.0159 e. The highest BCUT2D eigenvalue weighted by atomic mass is 14.4. The molecule has 0 N–H and O–H groups in total. The Bertz CT molecular complexity index is 9060. The molecule has 0 unspecified atom stereocenters. The average molecular weight is 1730 g/mol.